The molecule has 2 aliphatic carbocycles. The van der Waals surface area contributed by atoms with Gasteiger partial charge in [-0.15, -0.1) is 0 Å². The number of hydrogen-bond donors (Lipinski definition) is 4. The predicted octanol–water partition coefficient (Wildman–Crippen LogP) is 4.57. The molecule has 0 unspecified atom stereocenters. The Morgan fingerprint density at radius 1 is 1.07 bits per heavy atom. The van der Waals surface area contributed by atoms with Crippen molar-refractivity contribution in [3.63, 3.8) is 0 Å². The van der Waals surface area contributed by atoms with Gasteiger partial charge in [0.2, 0.25) is 33.6 Å². The maximum atomic E-state index is 14.6. The average molecular weight is 833 g/mol. The number of fused-ring (bicyclic) bond motifs is 3. The van der Waals surface area contributed by atoms with E-state index in [9.17, 15) is 32.7 Å². The molecule has 2 aliphatic heterocycles. The molecular weight excluding hydrogens is 781 g/mol. The van der Waals surface area contributed by atoms with Crippen LogP contribution in [0.5, 0.6) is 17.5 Å². The van der Waals surface area contributed by atoms with Crippen molar-refractivity contribution in [1.82, 2.24) is 30.2 Å². The summed E-state index contributed by atoms with van der Waals surface area (Å²) in [5.74, 6) is -1.65. The summed E-state index contributed by atoms with van der Waals surface area (Å²) in [6.07, 6.45) is 6.08. The Balaban J connectivity index is 1.24. The smallest absolute Gasteiger partial charge is 0.405 e. The molecule has 3 fully saturated rings. The lowest BCUT2D eigenvalue weighted by atomic mass is 9.88. The summed E-state index contributed by atoms with van der Waals surface area (Å²) in [6, 6.07) is 8.47. The number of rotatable bonds is 10. The van der Waals surface area contributed by atoms with Gasteiger partial charge in [0.1, 0.15) is 29.5 Å². The van der Waals surface area contributed by atoms with Crippen molar-refractivity contribution >= 4 is 44.6 Å². The van der Waals surface area contributed by atoms with Gasteiger partial charge in [0, 0.05) is 35.6 Å². The number of carbonyl (C=O) groups excluding carboxylic acids is 3. The lowest BCUT2D eigenvalue weighted by Gasteiger charge is -2.32. The van der Waals surface area contributed by atoms with Crippen LogP contribution in [0.1, 0.15) is 72.6 Å². The van der Waals surface area contributed by atoms with E-state index >= 15 is 0 Å². The number of pyridine rings is 2. The molecule has 3 aromatic rings. The Morgan fingerprint density at radius 3 is 2.53 bits per heavy atom. The molecule has 0 spiro atoms. The number of carbonyl (C=O) groups is 4. The van der Waals surface area contributed by atoms with Gasteiger partial charge >= 0.3 is 6.09 Å². The van der Waals surface area contributed by atoms with Crippen molar-refractivity contribution in [3.05, 3.63) is 54.7 Å². The third-order valence-corrected chi connectivity index (χ3v) is 13.4. The molecule has 0 bridgehead atoms. The lowest BCUT2D eigenvalue weighted by Crippen LogP contribution is -2.59. The van der Waals surface area contributed by atoms with Gasteiger partial charge in [0.15, 0.2) is 0 Å². The molecule has 59 heavy (non-hydrogen) atoms. The third-order valence-electron chi connectivity index (χ3n) is 11.6. The fourth-order valence-electron chi connectivity index (χ4n) is 8.20. The summed E-state index contributed by atoms with van der Waals surface area (Å²) in [5.41, 5.74) is -0.354. The number of sulfonamides is 1. The summed E-state index contributed by atoms with van der Waals surface area (Å²) in [6.45, 7) is 7.54. The minimum Gasteiger partial charge on any atom is -0.497 e. The highest BCUT2D eigenvalue weighted by atomic mass is 32.2. The first-order chi connectivity index (χ1) is 28.1. The van der Waals surface area contributed by atoms with Crippen LogP contribution in [0.15, 0.2) is 54.7 Å². The lowest BCUT2D eigenvalue weighted by molar-refractivity contribution is -0.142. The fraction of sp³-hybridized carbons (Fsp3) is 0.524. The normalized spacial score (nSPS) is 27.5. The van der Waals surface area contributed by atoms with E-state index in [2.05, 4.69) is 20.3 Å². The topological polar surface area (TPSA) is 215 Å². The quantitative estimate of drug-likeness (QED) is 0.207. The second-order valence-corrected chi connectivity index (χ2v) is 18.6. The highest BCUT2D eigenvalue weighted by molar-refractivity contribution is 7.91. The van der Waals surface area contributed by atoms with E-state index in [-0.39, 0.29) is 37.3 Å². The molecule has 4 N–H and O–H groups in total. The Bertz CT molecular complexity index is 2250. The van der Waals surface area contributed by atoms with Crippen molar-refractivity contribution in [2.24, 2.45) is 17.8 Å². The number of allylic oxidation sites excluding steroid dienone is 1. The van der Waals surface area contributed by atoms with Crippen LogP contribution in [-0.2, 0) is 24.4 Å². The van der Waals surface area contributed by atoms with Gasteiger partial charge in [-0.2, -0.15) is 0 Å². The Kier molecular flexibility index (Phi) is 11.8. The largest absolute Gasteiger partial charge is 0.497 e. The van der Waals surface area contributed by atoms with E-state index in [4.69, 9.17) is 19.2 Å². The van der Waals surface area contributed by atoms with E-state index in [0.717, 1.165) is 11.8 Å². The second-order valence-electron chi connectivity index (χ2n) is 16.6. The summed E-state index contributed by atoms with van der Waals surface area (Å²) in [5, 5.41) is 15.9. The monoisotopic (exact) mass is 832 g/mol. The number of carboxylic acid groups (broad SMARTS) is 1. The zero-order chi connectivity index (χ0) is 42.2. The van der Waals surface area contributed by atoms with Gasteiger partial charge in [-0.1, -0.05) is 26.0 Å². The van der Waals surface area contributed by atoms with Crippen molar-refractivity contribution < 1.29 is 46.9 Å². The third kappa shape index (κ3) is 9.24. The van der Waals surface area contributed by atoms with Gasteiger partial charge in [-0.25, -0.2) is 23.2 Å². The van der Waals surface area contributed by atoms with Crippen LogP contribution in [0, 0.1) is 17.8 Å². The molecule has 1 aromatic carbocycles. The van der Waals surface area contributed by atoms with Gasteiger partial charge in [-0.05, 0) is 99.9 Å². The molecule has 4 aliphatic rings. The van der Waals surface area contributed by atoms with Crippen molar-refractivity contribution in [3.8, 4) is 28.8 Å². The maximum absolute atomic E-state index is 14.6. The number of nitrogens with zero attached hydrogens (tertiary/aromatic N) is 3. The first-order valence-corrected chi connectivity index (χ1v) is 21.7. The Labute approximate surface area is 343 Å². The highest BCUT2D eigenvalue weighted by Gasteiger charge is 2.62. The molecule has 4 heterocycles. The Morgan fingerprint density at radius 2 is 1.85 bits per heavy atom. The molecule has 1 saturated heterocycles. The average Bonchev–Trinajstić information content (AvgIpc) is 4.11. The number of ether oxygens (including phenoxy) is 3. The summed E-state index contributed by atoms with van der Waals surface area (Å²) < 4.78 is 45.9. The fourth-order valence-corrected chi connectivity index (χ4v) is 9.56. The molecule has 7 rings (SSSR count). The molecule has 4 amide bonds. The summed E-state index contributed by atoms with van der Waals surface area (Å²) >= 11 is 0. The highest BCUT2D eigenvalue weighted by Crippen LogP contribution is 2.46. The molecule has 2 aromatic heterocycles. The van der Waals surface area contributed by atoms with E-state index in [1.807, 2.05) is 58.0 Å². The van der Waals surface area contributed by atoms with Crippen LogP contribution in [0.4, 0.5) is 4.79 Å². The van der Waals surface area contributed by atoms with Gasteiger partial charge < -0.3 is 34.9 Å². The van der Waals surface area contributed by atoms with Gasteiger partial charge in [0.25, 0.3) is 5.91 Å². The number of benzene rings is 1. The SMILES string of the molecule is COc1ccc2c(O[C@@H]3C[C@H]4C(=O)N[C@]5(C(=O)NS(=O)(=O)C6CC6)C[C@H]5C=CCC[C@@H](C)C[C@@H](C)[C@H](NC(=O)O)C(=O)N4C3)nc(-c3ccc(OC(C)C)nc3)cc2c1. The molecule has 2 saturated carbocycles. The van der Waals surface area contributed by atoms with Crippen molar-refractivity contribution in [2.75, 3.05) is 13.7 Å². The summed E-state index contributed by atoms with van der Waals surface area (Å²) in [7, 11) is -2.37. The second kappa shape index (κ2) is 16.7. The van der Waals surface area contributed by atoms with E-state index in [0.29, 0.717) is 54.0 Å². The number of methoxy groups -OCH3 is 1. The van der Waals surface area contributed by atoms with Crippen LogP contribution in [-0.4, -0.2) is 101 Å². The Hall–Kier alpha value is -5.45. The van der Waals surface area contributed by atoms with Gasteiger partial charge in [0.05, 0.1) is 30.7 Å². The zero-order valence-corrected chi connectivity index (χ0v) is 34.7. The van der Waals surface area contributed by atoms with Crippen LogP contribution < -0.4 is 29.6 Å². The number of nitrogens with one attached hydrogen (secondary N) is 3. The zero-order valence-electron chi connectivity index (χ0n) is 33.8. The van der Waals surface area contributed by atoms with E-state index in [1.54, 1.807) is 31.5 Å². The van der Waals surface area contributed by atoms with Crippen LogP contribution in [0.25, 0.3) is 22.0 Å². The number of hydrogen-bond acceptors (Lipinski definition) is 11. The summed E-state index contributed by atoms with van der Waals surface area (Å²) in [4.78, 5) is 65.7. The minimum absolute atomic E-state index is 0.0346. The van der Waals surface area contributed by atoms with Crippen LogP contribution in [0.2, 0.25) is 0 Å². The first kappa shape index (κ1) is 41.7. The number of aromatic nitrogens is 2. The maximum Gasteiger partial charge on any atom is 0.405 e. The first-order valence-electron chi connectivity index (χ1n) is 20.2. The predicted molar refractivity (Wildman–Crippen MR) is 217 cm³/mol. The number of amides is 4. The van der Waals surface area contributed by atoms with Gasteiger partial charge in [-0.3, -0.25) is 19.1 Å². The molecular formula is C42H52N6O10S. The van der Waals surface area contributed by atoms with Crippen LogP contribution >= 0.6 is 0 Å². The minimum atomic E-state index is -3.93. The van der Waals surface area contributed by atoms with Crippen LogP contribution in [0.3, 0.4) is 0 Å². The van der Waals surface area contributed by atoms with Crippen molar-refractivity contribution in [1.29, 1.82) is 0 Å². The van der Waals surface area contributed by atoms with Crippen molar-refractivity contribution in [2.45, 2.75) is 108 Å². The molecule has 0 radical (unpaired) electrons. The van der Waals surface area contributed by atoms with E-state index in [1.165, 1.54) is 4.90 Å². The van der Waals surface area contributed by atoms with E-state index < -0.39 is 74.7 Å². The standard InChI is InChI=1S/C42H52N6O10S/c1-23(2)57-35-15-10-26(21-43-35)33-18-27-17-29(56-5)11-14-32(27)38(44-33)58-30-19-34-37(49)46-42(40(51)47-59(54,55)31-12-13-31)20-28(42)9-7-6-8-24(3)16-25(4)36(45-41(52)53)39(50)48(34)22-30/h7,9-11,14-15,17-18,21,23-25,28,30-31,34,36,45H,6,8,12-13,16,19-20,22H2,1-5H3,(H,46,49)(H,47,51)(H,52,53)/t24-,25-,28-,30-,34+,36+,42-/m1/s1. The molecule has 16 nitrogen and oxygen atoms in total. The molecule has 17 heteroatoms. The molecule has 7 atom stereocenters. The molecule has 316 valence electrons.